The van der Waals surface area contributed by atoms with Gasteiger partial charge in [0.05, 0.1) is 17.6 Å². The van der Waals surface area contributed by atoms with Crippen LogP contribution in [0.2, 0.25) is 0 Å². The predicted octanol–water partition coefficient (Wildman–Crippen LogP) is 4.70. The summed E-state index contributed by atoms with van der Waals surface area (Å²) in [6.07, 6.45) is -4.79. The first-order valence-electron chi connectivity index (χ1n) is 12.6. The molecule has 0 aromatic heterocycles. The van der Waals surface area contributed by atoms with Gasteiger partial charge in [0.2, 0.25) is 10.0 Å². The van der Waals surface area contributed by atoms with E-state index in [1.54, 1.807) is 6.07 Å². The van der Waals surface area contributed by atoms with Crippen LogP contribution in [-0.2, 0) is 22.7 Å². The number of sulfonamides is 1. The number of para-hydroxylation sites is 1. The average molecular weight is 564 g/mol. The van der Waals surface area contributed by atoms with Crippen LogP contribution in [0.3, 0.4) is 0 Å². The van der Waals surface area contributed by atoms with Crippen molar-refractivity contribution < 1.29 is 31.1 Å². The van der Waals surface area contributed by atoms with Crippen LogP contribution in [0.25, 0.3) is 0 Å². The number of alkyl halides is 3. The minimum Gasteiger partial charge on any atom is -0.493 e. The highest BCUT2D eigenvalue weighted by atomic mass is 32.2. The summed E-state index contributed by atoms with van der Waals surface area (Å²) in [5, 5.41) is 0. The Hall–Kier alpha value is -3.28. The second kappa shape index (κ2) is 12.3. The van der Waals surface area contributed by atoms with E-state index in [-0.39, 0.29) is 13.2 Å². The van der Waals surface area contributed by atoms with E-state index in [2.05, 4.69) is 39.6 Å². The van der Waals surface area contributed by atoms with E-state index < -0.39 is 26.7 Å². The third-order valence-corrected chi connectivity index (χ3v) is 8.12. The van der Waals surface area contributed by atoms with Gasteiger partial charge in [-0.25, -0.2) is 13.1 Å². The van der Waals surface area contributed by atoms with Crippen LogP contribution >= 0.6 is 0 Å². The smallest absolute Gasteiger partial charge is 0.417 e. The zero-order valence-electron chi connectivity index (χ0n) is 21.9. The molecule has 1 aliphatic rings. The van der Waals surface area contributed by atoms with Crippen molar-refractivity contribution in [3.63, 3.8) is 0 Å². The van der Waals surface area contributed by atoms with E-state index in [0.29, 0.717) is 18.0 Å². The SMILES string of the molecule is COc1ccc(CN2CCN(c3ccccc3C)CC2)cc1OCCNS(=O)(=O)c1ccccc1C(F)(F)F. The number of piperazine rings is 1. The number of nitrogens with one attached hydrogen (secondary N) is 1. The molecule has 1 fully saturated rings. The minimum atomic E-state index is -4.79. The molecule has 39 heavy (non-hydrogen) atoms. The molecule has 1 saturated heterocycles. The van der Waals surface area contributed by atoms with Gasteiger partial charge in [-0.3, -0.25) is 4.90 Å². The Morgan fingerprint density at radius 2 is 1.62 bits per heavy atom. The molecule has 1 N–H and O–H groups in total. The van der Waals surface area contributed by atoms with Crippen molar-refractivity contribution in [1.29, 1.82) is 0 Å². The van der Waals surface area contributed by atoms with Crippen LogP contribution in [0.5, 0.6) is 11.5 Å². The van der Waals surface area contributed by atoms with Crippen LogP contribution in [0, 0.1) is 6.92 Å². The van der Waals surface area contributed by atoms with Gasteiger partial charge in [0.25, 0.3) is 0 Å². The lowest BCUT2D eigenvalue weighted by Crippen LogP contribution is -2.46. The molecule has 11 heteroatoms. The molecule has 1 aliphatic heterocycles. The summed E-state index contributed by atoms with van der Waals surface area (Å²) < 4.78 is 78.2. The summed E-state index contributed by atoms with van der Waals surface area (Å²) in [6, 6.07) is 18.0. The van der Waals surface area contributed by atoms with E-state index in [0.717, 1.165) is 49.9 Å². The van der Waals surface area contributed by atoms with Crippen molar-refractivity contribution in [3.8, 4) is 11.5 Å². The summed E-state index contributed by atoms with van der Waals surface area (Å²) in [6.45, 7) is 6.15. The van der Waals surface area contributed by atoms with Crippen molar-refractivity contribution in [2.24, 2.45) is 0 Å². The summed E-state index contributed by atoms with van der Waals surface area (Å²) >= 11 is 0. The van der Waals surface area contributed by atoms with Gasteiger partial charge in [-0.05, 0) is 48.4 Å². The number of rotatable bonds is 10. The van der Waals surface area contributed by atoms with Crippen molar-refractivity contribution in [2.75, 3.05) is 51.3 Å². The Bertz CT molecular complexity index is 1370. The Kier molecular flexibility index (Phi) is 9.04. The number of nitrogens with zero attached hydrogens (tertiary/aromatic N) is 2. The number of aryl methyl sites for hydroxylation is 1. The van der Waals surface area contributed by atoms with Gasteiger partial charge in [0, 0.05) is 45.0 Å². The van der Waals surface area contributed by atoms with Crippen molar-refractivity contribution in [2.45, 2.75) is 24.5 Å². The molecule has 0 amide bonds. The molecule has 0 saturated carbocycles. The highest BCUT2D eigenvalue weighted by molar-refractivity contribution is 7.89. The highest BCUT2D eigenvalue weighted by Gasteiger charge is 2.36. The Morgan fingerprint density at radius 3 is 2.31 bits per heavy atom. The molecule has 0 spiro atoms. The normalized spacial score (nSPS) is 14.8. The molecule has 210 valence electrons. The molecule has 0 aliphatic carbocycles. The zero-order valence-corrected chi connectivity index (χ0v) is 22.7. The van der Waals surface area contributed by atoms with Gasteiger partial charge in [-0.2, -0.15) is 13.2 Å². The number of hydrogen-bond acceptors (Lipinski definition) is 6. The maximum Gasteiger partial charge on any atom is 0.417 e. The Morgan fingerprint density at radius 1 is 0.923 bits per heavy atom. The molecule has 3 aromatic carbocycles. The van der Waals surface area contributed by atoms with Crippen LogP contribution in [0.4, 0.5) is 18.9 Å². The second-order valence-electron chi connectivity index (χ2n) is 9.28. The summed E-state index contributed by atoms with van der Waals surface area (Å²) in [5.41, 5.74) is 2.31. The topological polar surface area (TPSA) is 71.1 Å². The largest absolute Gasteiger partial charge is 0.493 e. The Labute approximate surface area is 227 Å². The third kappa shape index (κ3) is 7.23. The van der Waals surface area contributed by atoms with Crippen LogP contribution in [0.1, 0.15) is 16.7 Å². The molecular formula is C28H32F3N3O4S. The number of halogens is 3. The molecule has 1 heterocycles. The van der Waals surface area contributed by atoms with Crippen molar-refractivity contribution in [1.82, 2.24) is 9.62 Å². The predicted molar refractivity (Wildman–Crippen MR) is 144 cm³/mol. The van der Waals surface area contributed by atoms with E-state index in [1.165, 1.54) is 24.4 Å². The number of benzene rings is 3. The minimum absolute atomic E-state index is 0.0949. The molecule has 0 radical (unpaired) electrons. The van der Waals surface area contributed by atoms with Gasteiger partial charge < -0.3 is 14.4 Å². The van der Waals surface area contributed by atoms with Crippen molar-refractivity contribution >= 4 is 15.7 Å². The third-order valence-electron chi connectivity index (χ3n) is 6.60. The second-order valence-corrected chi connectivity index (χ2v) is 11.0. The number of ether oxygens (including phenoxy) is 2. The number of hydrogen-bond donors (Lipinski definition) is 1. The highest BCUT2D eigenvalue weighted by Crippen LogP contribution is 2.34. The number of methoxy groups -OCH3 is 1. The first-order valence-corrected chi connectivity index (χ1v) is 14.1. The summed E-state index contributed by atoms with van der Waals surface area (Å²) in [5.74, 6) is 0.914. The first kappa shape index (κ1) is 28.7. The summed E-state index contributed by atoms with van der Waals surface area (Å²) in [7, 11) is -2.89. The van der Waals surface area contributed by atoms with E-state index >= 15 is 0 Å². The molecule has 0 bridgehead atoms. The van der Waals surface area contributed by atoms with Crippen LogP contribution in [0.15, 0.2) is 71.6 Å². The van der Waals surface area contributed by atoms with E-state index in [1.807, 2.05) is 18.2 Å². The van der Waals surface area contributed by atoms with E-state index in [9.17, 15) is 21.6 Å². The molecule has 3 aromatic rings. The quantitative estimate of drug-likeness (QED) is 0.361. The van der Waals surface area contributed by atoms with Gasteiger partial charge in [-0.15, -0.1) is 0 Å². The van der Waals surface area contributed by atoms with E-state index in [4.69, 9.17) is 9.47 Å². The standard InChI is InChI=1S/C28H32F3N3O4S/c1-21-7-3-5-9-24(21)34-16-14-33(15-17-34)20-22-11-12-25(37-2)26(19-22)38-18-13-32-39(35,36)27-10-6-4-8-23(27)28(29,30)31/h3-12,19,32H,13-18,20H2,1-2H3. The maximum atomic E-state index is 13.3. The first-order chi connectivity index (χ1) is 18.6. The molecule has 0 atom stereocenters. The molecular weight excluding hydrogens is 531 g/mol. The molecule has 7 nitrogen and oxygen atoms in total. The number of anilines is 1. The van der Waals surface area contributed by atoms with Gasteiger partial charge in [0.15, 0.2) is 11.5 Å². The fourth-order valence-corrected chi connectivity index (χ4v) is 5.84. The summed E-state index contributed by atoms with van der Waals surface area (Å²) in [4.78, 5) is 3.93. The van der Waals surface area contributed by atoms with Gasteiger partial charge >= 0.3 is 6.18 Å². The zero-order chi connectivity index (χ0) is 28.0. The van der Waals surface area contributed by atoms with Crippen molar-refractivity contribution in [3.05, 3.63) is 83.4 Å². The average Bonchev–Trinajstić information content (AvgIpc) is 2.92. The fourth-order valence-electron chi connectivity index (χ4n) is 4.61. The van der Waals surface area contributed by atoms with Crippen LogP contribution in [-0.4, -0.2) is 59.8 Å². The fraction of sp³-hybridized carbons (Fsp3) is 0.357. The lowest BCUT2D eigenvalue weighted by atomic mass is 10.1. The Balaban J connectivity index is 1.33. The lowest BCUT2D eigenvalue weighted by molar-refractivity contribution is -0.139. The van der Waals surface area contributed by atoms with Gasteiger partial charge in [0.1, 0.15) is 6.61 Å². The molecule has 4 rings (SSSR count). The lowest BCUT2D eigenvalue weighted by Gasteiger charge is -2.36. The molecule has 0 unspecified atom stereocenters. The maximum absolute atomic E-state index is 13.3. The monoisotopic (exact) mass is 563 g/mol. The van der Waals surface area contributed by atoms with Gasteiger partial charge in [-0.1, -0.05) is 36.4 Å². The van der Waals surface area contributed by atoms with Crippen LogP contribution < -0.4 is 19.1 Å².